The summed E-state index contributed by atoms with van der Waals surface area (Å²) in [7, 11) is -1.92. The summed E-state index contributed by atoms with van der Waals surface area (Å²) in [6.45, 7) is 0.830. The number of methoxy groups -OCH3 is 1. The van der Waals surface area contributed by atoms with E-state index in [0.717, 1.165) is 44.2 Å². The minimum atomic E-state index is -3.53. The number of carbonyl (C=O) groups is 1. The van der Waals surface area contributed by atoms with Gasteiger partial charge < -0.3 is 14.8 Å². The number of hydrogen-bond donors (Lipinski definition) is 2. The van der Waals surface area contributed by atoms with Crippen LogP contribution in [0.4, 0.5) is 10.5 Å². The molecule has 1 aliphatic heterocycles. The number of nitrogens with two attached hydrogens (primary N) is 1. The molecule has 2 aromatic rings. The maximum atomic E-state index is 13.2. The highest BCUT2D eigenvalue weighted by atomic mass is 32.2. The van der Waals surface area contributed by atoms with E-state index >= 15 is 0 Å². The molecule has 1 aromatic carbocycles. The van der Waals surface area contributed by atoms with Crippen molar-refractivity contribution in [2.45, 2.75) is 62.5 Å². The molecule has 3 N–H and O–H groups in total. The molecule has 10 heteroatoms. The summed E-state index contributed by atoms with van der Waals surface area (Å²) in [6.07, 6.45) is 8.06. The minimum Gasteiger partial charge on any atom is -0.474 e. The second-order valence-corrected chi connectivity index (χ2v) is 10.1. The first-order chi connectivity index (χ1) is 15.0. The van der Waals surface area contributed by atoms with Gasteiger partial charge in [0.15, 0.2) is 9.92 Å². The lowest BCUT2D eigenvalue weighted by molar-refractivity contribution is 0.0568. The monoisotopic (exact) mass is 445 g/mol. The standard InChI is InChI=1S/C21H27N5O4S/c1-29-15-8-9-26-20(30-12-15)18(11-23-26)31(22,28)25-21(27)24-19-16-6-2-4-13(16)10-14-5-3-7-17(14)19/h10-11,15H,2-9,12H2,1H3,(H3,22,24,25,27,28)/t15-,31+/m1/s1. The fraction of sp³-hybridized carbons (Fsp3) is 0.524. The van der Waals surface area contributed by atoms with Crippen LogP contribution in [-0.4, -0.2) is 39.8 Å². The first-order valence-corrected chi connectivity index (χ1v) is 12.3. The van der Waals surface area contributed by atoms with Crippen molar-refractivity contribution in [2.24, 2.45) is 9.50 Å². The van der Waals surface area contributed by atoms with Gasteiger partial charge >= 0.3 is 6.03 Å². The highest BCUT2D eigenvalue weighted by Crippen LogP contribution is 2.38. The zero-order chi connectivity index (χ0) is 21.6. The zero-order valence-electron chi connectivity index (χ0n) is 17.6. The Morgan fingerprint density at radius 2 is 2.00 bits per heavy atom. The Labute approximate surface area is 181 Å². The molecule has 0 fully saturated rings. The molecule has 166 valence electrons. The van der Waals surface area contributed by atoms with Gasteiger partial charge in [-0.2, -0.15) is 5.10 Å². The van der Waals surface area contributed by atoms with Crippen LogP contribution >= 0.6 is 0 Å². The van der Waals surface area contributed by atoms with Crippen LogP contribution in [0.3, 0.4) is 0 Å². The van der Waals surface area contributed by atoms with Crippen LogP contribution in [0, 0.1) is 0 Å². The average molecular weight is 446 g/mol. The molecule has 2 aliphatic carbocycles. The number of nitrogens with one attached hydrogen (secondary N) is 1. The lowest BCUT2D eigenvalue weighted by Gasteiger charge is -2.15. The van der Waals surface area contributed by atoms with E-state index in [1.807, 2.05) is 0 Å². The molecular weight excluding hydrogens is 418 g/mol. The van der Waals surface area contributed by atoms with Gasteiger partial charge in [-0.05, 0) is 67.2 Å². The predicted octanol–water partition coefficient (Wildman–Crippen LogP) is 2.59. The molecule has 0 saturated carbocycles. The molecule has 3 aliphatic rings. The van der Waals surface area contributed by atoms with Crippen molar-refractivity contribution in [3.05, 3.63) is 34.5 Å². The van der Waals surface area contributed by atoms with E-state index in [1.54, 1.807) is 11.8 Å². The maximum Gasteiger partial charge on any atom is 0.354 e. The third-order valence-corrected chi connectivity index (χ3v) is 7.75. The van der Waals surface area contributed by atoms with Crippen molar-refractivity contribution in [2.75, 3.05) is 19.0 Å². The summed E-state index contributed by atoms with van der Waals surface area (Å²) in [4.78, 5) is 13.0. The van der Waals surface area contributed by atoms with Crippen LogP contribution in [0.15, 0.2) is 21.5 Å². The summed E-state index contributed by atoms with van der Waals surface area (Å²) in [5.74, 6) is 0.282. The fourth-order valence-electron chi connectivity index (χ4n) is 4.84. The van der Waals surface area contributed by atoms with Crippen molar-refractivity contribution in [1.82, 2.24) is 9.78 Å². The first-order valence-electron chi connectivity index (χ1n) is 10.7. The Morgan fingerprint density at radius 1 is 1.29 bits per heavy atom. The van der Waals surface area contributed by atoms with E-state index in [1.165, 1.54) is 28.5 Å². The quantitative estimate of drug-likeness (QED) is 0.752. The summed E-state index contributed by atoms with van der Waals surface area (Å²) < 4.78 is 29.8. The number of carbonyl (C=O) groups excluding carboxylic acids is 1. The molecule has 31 heavy (non-hydrogen) atoms. The number of benzene rings is 1. The van der Waals surface area contributed by atoms with Crippen molar-refractivity contribution < 1.29 is 18.5 Å². The van der Waals surface area contributed by atoms with Crippen molar-refractivity contribution in [3.8, 4) is 5.88 Å². The molecule has 0 radical (unpaired) electrons. The number of aromatic nitrogens is 2. The predicted molar refractivity (Wildman–Crippen MR) is 116 cm³/mol. The lowest BCUT2D eigenvalue weighted by atomic mass is 9.99. The van der Waals surface area contributed by atoms with Gasteiger partial charge in [-0.15, -0.1) is 4.36 Å². The number of urea groups is 1. The Kier molecular flexibility index (Phi) is 5.23. The Hall–Kier alpha value is -2.43. The SMILES string of the molecule is CO[C@@H]1CCn2ncc([S@@](N)(=O)=NC(=O)Nc3c4c(cc5c3CCC5)CCC4)c2OC1. The summed E-state index contributed by atoms with van der Waals surface area (Å²) >= 11 is 0. The molecule has 1 aromatic heterocycles. The van der Waals surface area contributed by atoms with Crippen LogP contribution < -0.4 is 15.2 Å². The smallest absolute Gasteiger partial charge is 0.354 e. The number of aryl methyl sites for hydroxylation is 3. The van der Waals surface area contributed by atoms with Crippen molar-refractivity contribution in [1.29, 1.82) is 0 Å². The van der Waals surface area contributed by atoms with Crippen molar-refractivity contribution in [3.63, 3.8) is 0 Å². The van der Waals surface area contributed by atoms with E-state index in [2.05, 4.69) is 20.8 Å². The topological polar surface area (TPSA) is 121 Å². The maximum absolute atomic E-state index is 13.2. The molecule has 9 nitrogen and oxygen atoms in total. The normalized spacial score (nSPS) is 21.3. The number of fused-ring (bicyclic) bond motifs is 3. The van der Waals surface area contributed by atoms with E-state index in [4.69, 9.17) is 14.6 Å². The van der Waals surface area contributed by atoms with Gasteiger partial charge in [0.2, 0.25) is 5.88 Å². The third-order valence-electron chi connectivity index (χ3n) is 6.40. The van der Waals surface area contributed by atoms with Crippen molar-refractivity contribution >= 4 is 21.6 Å². The van der Waals surface area contributed by atoms with Gasteiger partial charge in [0.1, 0.15) is 11.5 Å². The van der Waals surface area contributed by atoms with E-state index in [-0.39, 0.29) is 16.9 Å². The Balaban J connectivity index is 1.44. The van der Waals surface area contributed by atoms with Gasteiger partial charge in [0.25, 0.3) is 0 Å². The van der Waals surface area contributed by atoms with Crippen LogP contribution in [0.5, 0.6) is 5.88 Å². The van der Waals surface area contributed by atoms with Gasteiger partial charge in [0, 0.05) is 19.3 Å². The molecule has 2 atom stereocenters. The van der Waals surface area contributed by atoms with Gasteiger partial charge in [-0.25, -0.2) is 18.8 Å². The van der Waals surface area contributed by atoms with E-state index in [0.29, 0.717) is 19.6 Å². The average Bonchev–Trinajstić information content (AvgIpc) is 3.45. The number of amides is 2. The molecular formula is C21H27N5O4S. The van der Waals surface area contributed by atoms with Gasteiger partial charge in [-0.3, -0.25) is 0 Å². The van der Waals surface area contributed by atoms with Gasteiger partial charge in [0.05, 0.1) is 12.3 Å². The highest BCUT2D eigenvalue weighted by Gasteiger charge is 2.28. The largest absolute Gasteiger partial charge is 0.474 e. The first kappa shape index (κ1) is 20.5. The van der Waals surface area contributed by atoms with E-state index < -0.39 is 15.9 Å². The minimum absolute atomic E-state index is 0.0918. The van der Waals surface area contributed by atoms with E-state index in [9.17, 15) is 9.00 Å². The molecule has 0 unspecified atom stereocenters. The highest BCUT2D eigenvalue weighted by molar-refractivity contribution is 7.91. The van der Waals surface area contributed by atoms with Crippen LogP contribution in [0.1, 0.15) is 41.5 Å². The molecule has 0 spiro atoms. The summed E-state index contributed by atoms with van der Waals surface area (Å²) in [6, 6.07) is 1.58. The van der Waals surface area contributed by atoms with Crippen LogP contribution in [-0.2, 0) is 46.9 Å². The fourth-order valence-corrected chi connectivity index (χ4v) is 5.84. The Morgan fingerprint density at radius 3 is 2.68 bits per heavy atom. The van der Waals surface area contributed by atoms with Crippen LogP contribution in [0.25, 0.3) is 0 Å². The second kappa shape index (κ2) is 7.92. The van der Waals surface area contributed by atoms with Gasteiger partial charge in [-0.1, -0.05) is 6.07 Å². The number of anilines is 1. The molecule has 0 saturated heterocycles. The molecule has 2 amide bonds. The second-order valence-electron chi connectivity index (χ2n) is 8.32. The number of ether oxygens (including phenoxy) is 2. The zero-order valence-corrected chi connectivity index (χ0v) is 18.4. The lowest BCUT2D eigenvalue weighted by Crippen LogP contribution is -2.21. The molecule has 5 rings (SSSR count). The molecule has 2 heterocycles. The number of rotatable bonds is 3. The van der Waals surface area contributed by atoms with Crippen LogP contribution in [0.2, 0.25) is 0 Å². The summed E-state index contributed by atoms with van der Waals surface area (Å²) in [5, 5.41) is 13.2. The molecule has 0 bridgehead atoms. The third kappa shape index (κ3) is 3.72. The number of hydrogen-bond acceptors (Lipinski definition) is 5. The number of nitrogens with zero attached hydrogens (tertiary/aromatic N) is 3. The summed E-state index contributed by atoms with van der Waals surface area (Å²) in [5.41, 5.74) is 5.81. The Bertz CT molecular complexity index is 1130.